The number of halogens is 1. The van der Waals surface area contributed by atoms with E-state index in [-0.39, 0.29) is 22.6 Å². The summed E-state index contributed by atoms with van der Waals surface area (Å²) in [5, 5.41) is 6.57. The van der Waals surface area contributed by atoms with Gasteiger partial charge in [-0.25, -0.2) is 4.39 Å². The fourth-order valence-corrected chi connectivity index (χ4v) is 2.53. The molecule has 0 spiro atoms. The fraction of sp³-hybridized carbons (Fsp3) is 0. The van der Waals surface area contributed by atoms with E-state index in [0.29, 0.717) is 16.9 Å². The molecule has 0 bridgehead atoms. The van der Waals surface area contributed by atoms with Crippen molar-refractivity contribution in [3.05, 3.63) is 58.9 Å². The Bertz CT molecular complexity index is 877. The Morgan fingerprint density at radius 2 is 2.05 bits per heavy atom. The van der Waals surface area contributed by atoms with Gasteiger partial charge in [0.1, 0.15) is 17.8 Å². The smallest absolute Gasteiger partial charge is 0.215 e. The highest BCUT2D eigenvalue weighted by Crippen LogP contribution is 2.36. The number of nitrogens with one attached hydrogen (secondary N) is 1. The first-order chi connectivity index (χ1) is 10.2. The molecule has 2 aliphatic rings. The lowest BCUT2D eigenvalue weighted by Crippen LogP contribution is -2.13. The number of hydrogen-bond donors (Lipinski definition) is 1. The van der Waals surface area contributed by atoms with Gasteiger partial charge in [-0.2, -0.15) is 0 Å². The van der Waals surface area contributed by atoms with Gasteiger partial charge < -0.3 is 9.84 Å². The lowest BCUT2D eigenvalue weighted by atomic mass is 9.93. The fourth-order valence-electron chi connectivity index (χ4n) is 2.53. The third-order valence-corrected chi connectivity index (χ3v) is 3.48. The number of ketones is 2. The minimum Gasteiger partial charge on any atom is -0.363 e. The van der Waals surface area contributed by atoms with Crippen LogP contribution in [0.25, 0.3) is 11.6 Å². The van der Waals surface area contributed by atoms with Crippen LogP contribution in [0.4, 0.5) is 10.1 Å². The van der Waals surface area contributed by atoms with Gasteiger partial charge in [0.15, 0.2) is 5.78 Å². The Morgan fingerprint density at radius 3 is 2.86 bits per heavy atom. The Hall–Kier alpha value is -3.02. The molecule has 6 heteroatoms. The Kier molecular flexibility index (Phi) is 2.24. The van der Waals surface area contributed by atoms with E-state index in [0.717, 1.165) is 0 Å². The van der Waals surface area contributed by atoms with Gasteiger partial charge in [0.2, 0.25) is 5.78 Å². The highest BCUT2D eigenvalue weighted by atomic mass is 19.1. The van der Waals surface area contributed by atoms with Gasteiger partial charge >= 0.3 is 0 Å². The van der Waals surface area contributed by atoms with Crippen LogP contribution < -0.4 is 5.32 Å². The number of anilines is 1. The molecule has 4 rings (SSSR count). The third-order valence-electron chi connectivity index (χ3n) is 3.48. The van der Waals surface area contributed by atoms with Gasteiger partial charge in [-0.3, -0.25) is 9.59 Å². The van der Waals surface area contributed by atoms with Gasteiger partial charge in [-0.05, 0) is 24.3 Å². The van der Waals surface area contributed by atoms with Crippen LogP contribution in [-0.4, -0.2) is 16.7 Å². The zero-order chi connectivity index (χ0) is 14.6. The highest BCUT2D eigenvalue weighted by Gasteiger charge is 2.34. The first kappa shape index (κ1) is 11.8. The summed E-state index contributed by atoms with van der Waals surface area (Å²) in [6.45, 7) is 0. The Morgan fingerprint density at radius 1 is 1.19 bits per heavy atom. The second-order valence-corrected chi connectivity index (χ2v) is 4.68. The average Bonchev–Trinajstić information content (AvgIpc) is 3.05. The number of nitrogens with zero attached hydrogens (tertiary/aromatic N) is 1. The lowest BCUT2D eigenvalue weighted by Gasteiger charge is -2.09. The minimum atomic E-state index is -0.620. The Balaban J connectivity index is 1.97. The average molecular weight is 282 g/mol. The zero-order valence-corrected chi connectivity index (χ0v) is 10.5. The normalized spacial score (nSPS) is 19.5. The van der Waals surface area contributed by atoms with E-state index in [1.807, 2.05) is 0 Å². The SMILES string of the molecule is O=C1C=Cc2nocc2C1=C1Nc2cccc(F)c2C1=O. The summed E-state index contributed by atoms with van der Waals surface area (Å²) < 4.78 is 18.6. The molecule has 1 N–H and O–H groups in total. The number of carbonyl (C=O) groups excluding carboxylic acids is 2. The second kappa shape index (κ2) is 3.99. The molecule has 1 aliphatic carbocycles. The van der Waals surface area contributed by atoms with Crippen molar-refractivity contribution in [1.82, 2.24) is 5.16 Å². The van der Waals surface area contributed by atoms with Crippen molar-refractivity contribution in [1.29, 1.82) is 0 Å². The van der Waals surface area contributed by atoms with Gasteiger partial charge in [-0.15, -0.1) is 0 Å². The molecule has 21 heavy (non-hydrogen) atoms. The molecule has 0 fully saturated rings. The summed E-state index contributed by atoms with van der Waals surface area (Å²) in [7, 11) is 0. The number of benzene rings is 1. The van der Waals surface area contributed by atoms with Crippen LogP contribution >= 0.6 is 0 Å². The van der Waals surface area contributed by atoms with Crippen molar-refractivity contribution in [3.63, 3.8) is 0 Å². The van der Waals surface area contributed by atoms with Crippen molar-refractivity contribution >= 4 is 28.9 Å². The number of rotatable bonds is 0. The molecule has 0 radical (unpaired) electrons. The molecule has 2 aromatic rings. The van der Waals surface area contributed by atoms with E-state index in [4.69, 9.17) is 4.52 Å². The standard InChI is InChI=1S/C15H7FN2O3/c16-8-2-1-3-10-13(8)15(20)14(17-10)12-7-6-21-18-9(7)4-5-11(12)19/h1-6,17H. The molecule has 1 aliphatic heterocycles. The number of allylic oxidation sites excluding steroid dienone is 3. The van der Waals surface area contributed by atoms with Crippen molar-refractivity contribution in [2.45, 2.75) is 0 Å². The molecule has 2 heterocycles. The first-order valence-electron chi connectivity index (χ1n) is 6.18. The van der Waals surface area contributed by atoms with Gasteiger partial charge in [0.05, 0.1) is 28.1 Å². The van der Waals surface area contributed by atoms with E-state index in [1.54, 1.807) is 6.07 Å². The maximum Gasteiger partial charge on any atom is 0.215 e. The topological polar surface area (TPSA) is 72.2 Å². The van der Waals surface area contributed by atoms with Crippen LogP contribution in [0.15, 0.2) is 40.8 Å². The predicted molar refractivity (Wildman–Crippen MR) is 71.8 cm³/mol. The molecule has 0 saturated carbocycles. The molecule has 1 aromatic carbocycles. The van der Waals surface area contributed by atoms with Crippen molar-refractivity contribution in [2.75, 3.05) is 5.32 Å². The summed E-state index contributed by atoms with van der Waals surface area (Å²) in [5.41, 5.74) is 1.38. The summed E-state index contributed by atoms with van der Waals surface area (Å²) in [4.78, 5) is 24.5. The van der Waals surface area contributed by atoms with E-state index >= 15 is 0 Å². The van der Waals surface area contributed by atoms with E-state index < -0.39 is 11.6 Å². The third kappa shape index (κ3) is 1.53. The van der Waals surface area contributed by atoms with Crippen LogP contribution in [0.5, 0.6) is 0 Å². The van der Waals surface area contributed by atoms with E-state index in [9.17, 15) is 14.0 Å². The molecule has 0 atom stereocenters. The molecule has 5 nitrogen and oxygen atoms in total. The maximum absolute atomic E-state index is 13.8. The molecule has 0 saturated heterocycles. The Labute approximate surface area is 117 Å². The monoisotopic (exact) mass is 282 g/mol. The van der Waals surface area contributed by atoms with Gasteiger partial charge in [0, 0.05) is 0 Å². The number of hydrogen-bond acceptors (Lipinski definition) is 5. The maximum atomic E-state index is 13.8. The highest BCUT2D eigenvalue weighted by molar-refractivity contribution is 6.37. The quantitative estimate of drug-likeness (QED) is 0.751. The number of carbonyl (C=O) groups is 2. The zero-order valence-electron chi connectivity index (χ0n) is 10.5. The van der Waals surface area contributed by atoms with Crippen LogP contribution in [-0.2, 0) is 4.79 Å². The van der Waals surface area contributed by atoms with Crippen molar-refractivity contribution in [3.8, 4) is 0 Å². The summed E-state index contributed by atoms with van der Waals surface area (Å²) in [6.07, 6.45) is 4.12. The minimum absolute atomic E-state index is 0.0499. The van der Waals surface area contributed by atoms with Crippen LogP contribution in [0, 0.1) is 5.82 Å². The van der Waals surface area contributed by atoms with Crippen molar-refractivity contribution in [2.24, 2.45) is 0 Å². The van der Waals surface area contributed by atoms with E-state index in [2.05, 4.69) is 10.5 Å². The largest absolute Gasteiger partial charge is 0.363 e. The molecule has 0 unspecified atom stereocenters. The van der Waals surface area contributed by atoms with Crippen LogP contribution in [0.3, 0.4) is 0 Å². The number of aromatic nitrogens is 1. The predicted octanol–water partition coefficient (Wildman–Crippen LogP) is 2.43. The van der Waals surface area contributed by atoms with Crippen LogP contribution in [0.1, 0.15) is 21.6 Å². The van der Waals surface area contributed by atoms with Crippen LogP contribution in [0.2, 0.25) is 0 Å². The molecule has 102 valence electrons. The van der Waals surface area contributed by atoms with Crippen molar-refractivity contribution < 1.29 is 18.5 Å². The second-order valence-electron chi connectivity index (χ2n) is 4.68. The number of Topliss-reactive ketones (excluding diaryl/α,β-unsaturated/α-hetero) is 1. The van der Waals surface area contributed by atoms with E-state index in [1.165, 1.54) is 30.5 Å². The van der Waals surface area contributed by atoms with Gasteiger partial charge in [-0.1, -0.05) is 11.2 Å². The lowest BCUT2D eigenvalue weighted by molar-refractivity contribution is -0.109. The summed E-state index contributed by atoms with van der Waals surface area (Å²) >= 11 is 0. The first-order valence-corrected chi connectivity index (χ1v) is 6.18. The van der Waals surface area contributed by atoms with Gasteiger partial charge in [0.25, 0.3) is 0 Å². The summed E-state index contributed by atoms with van der Waals surface area (Å²) in [6, 6.07) is 4.29. The molecular weight excluding hydrogens is 275 g/mol. The number of fused-ring (bicyclic) bond motifs is 2. The molecular formula is C15H7FN2O3. The molecule has 0 amide bonds. The summed E-state index contributed by atoms with van der Waals surface area (Å²) in [5.74, 6) is -1.52. The molecule has 1 aromatic heterocycles.